The molecule has 1 aromatic heterocycles. The summed E-state index contributed by atoms with van der Waals surface area (Å²) < 4.78 is 26.0. The quantitative estimate of drug-likeness (QED) is 0.789. The second kappa shape index (κ2) is 7.32. The minimum absolute atomic E-state index is 0.0111. The van der Waals surface area contributed by atoms with Gasteiger partial charge in [0.25, 0.3) is 0 Å². The SMILES string of the molecule is CC(C)Cc1cc(CN2CC(NS(C)(=O)=O)C(C(C)C)C2)[nH]n1. The summed E-state index contributed by atoms with van der Waals surface area (Å²) in [6, 6.07) is 2.12. The molecule has 1 aromatic rings. The second-order valence-corrected chi connectivity index (χ2v) is 9.36. The molecular formula is C16H30N4O2S. The van der Waals surface area contributed by atoms with E-state index in [0.29, 0.717) is 17.8 Å². The number of H-pyrrole nitrogens is 1. The van der Waals surface area contributed by atoms with Crippen molar-refractivity contribution in [3.8, 4) is 0 Å². The second-order valence-electron chi connectivity index (χ2n) is 7.58. The summed E-state index contributed by atoms with van der Waals surface area (Å²) in [5, 5.41) is 7.48. The summed E-state index contributed by atoms with van der Waals surface area (Å²) >= 11 is 0. The molecule has 2 atom stereocenters. The number of nitrogens with zero attached hydrogens (tertiary/aromatic N) is 2. The van der Waals surface area contributed by atoms with Crippen LogP contribution >= 0.6 is 0 Å². The molecule has 6 nitrogen and oxygen atoms in total. The van der Waals surface area contributed by atoms with Gasteiger partial charge >= 0.3 is 0 Å². The number of hydrogen-bond donors (Lipinski definition) is 2. The predicted molar refractivity (Wildman–Crippen MR) is 92.5 cm³/mol. The maximum atomic E-state index is 11.6. The molecule has 0 amide bonds. The Labute approximate surface area is 140 Å². The average Bonchev–Trinajstić information content (AvgIpc) is 2.94. The molecule has 0 radical (unpaired) electrons. The fraction of sp³-hybridized carbons (Fsp3) is 0.812. The molecule has 0 bridgehead atoms. The monoisotopic (exact) mass is 342 g/mol. The Morgan fingerprint density at radius 1 is 1.35 bits per heavy atom. The van der Waals surface area contributed by atoms with Crippen LogP contribution in [0.3, 0.4) is 0 Å². The van der Waals surface area contributed by atoms with Gasteiger partial charge in [-0.1, -0.05) is 27.7 Å². The lowest BCUT2D eigenvalue weighted by Gasteiger charge is -2.21. The van der Waals surface area contributed by atoms with E-state index in [1.165, 1.54) is 6.26 Å². The van der Waals surface area contributed by atoms with Crippen molar-refractivity contribution in [3.63, 3.8) is 0 Å². The van der Waals surface area contributed by atoms with Gasteiger partial charge in [-0.2, -0.15) is 5.10 Å². The van der Waals surface area contributed by atoms with Crippen LogP contribution in [0.15, 0.2) is 6.07 Å². The Morgan fingerprint density at radius 3 is 2.61 bits per heavy atom. The van der Waals surface area contributed by atoms with Gasteiger partial charge in [-0.15, -0.1) is 0 Å². The lowest BCUT2D eigenvalue weighted by Crippen LogP contribution is -2.41. The molecule has 0 saturated carbocycles. The van der Waals surface area contributed by atoms with Crippen LogP contribution in [0.25, 0.3) is 0 Å². The van der Waals surface area contributed by atoms with Gasteiger partial charge in [-0.25, -0.2) is 13.1 Å². The third kappa shape index (κ3) is 5.58. The molecule has 2 heterocycles. The van der Waals surface area contributed by atoms with Gasteiger partial charge in [-0.3, -0.25) is 10.00 Å². The van der Waals surface area contributed by atoms with Gasteiger partial charge < -0.3 is 0 Å². The van der Waals surface area contributed by atoms with Crippen molar-refractivity contribution in [1.29, 1.82) is 0 Å². The molecule has 7 heteroatoms. The van der Waals surface area contributed by atoms with E-state index in [1.54, 1.807) is 0 Å². The Balaban J connectivity index is 1.99. The maximum absolute atomic E-state index is 11.6. The van der Waals surface area contributed by atoms with Crippen LogP contribution in [0.4, 0.5) is 0 Å². The van der Waals surface area contributed by atoms with E-state index in [0.717, 1.165) is 37.4 Å². The molecule has 0 aliphatic carbocycles. The highest BCUT2D eigenvalue weighted by Gasteiger charge is 2.36. The largest absolute Gasteiger partial charge is 0.296 e. The Morgan fingerprint density at radius 2 is 2.04 bits per heavy atom. The summed E-state index contributed by atoms with van der Waals surface area (Å²) in [5.74, 6) is 1.37. The Hall–Kier alpha value is -0.920. The molecule has 1 fully saturated rings. The van der Waals surface area contributed by atoms with E-state index in [9.17, 15) is 8.42 Å². The molecule has 132 valence electrons. The first-order valence-electron chi connectivity index (χ1n) is 8.37. The molecule has 0 spiro atoms. The van der Waals surface area contributed by atoms with E-state index < -0.39 is 10.0 Å². The van der Waals surface area contributed by atoms with E-state index in [4.69, 9.17) is 0 Å². The number of aromatic nitrogens is 2. The van der Waals surface area contributed by atoms with Crippen LogP contribution in [0.1, 0.15) is 39.1 Å². The highest BCUT2D eigenvalue weighted by Crippen LogP contribution is 2.26. The molecule has 1 saturated heterocycles. The molecule has 0 aromatic carbocycles. The van der Waals surface area contributed by atoms with Gasteiger partial charge in [0.05, 0.1) is 11.9 Å². The first-order chi connectivity index (χ1) is 10.6. The summed E-state index contributed by atoms with van der Waals surface area (Å²) in [5.41, 5.74) is 2.20. The van der Waals surface area contributed by atoms with E-state index in [2.05, 4.69) is 53.6 Å². The van der Waals surface area contributed by atoms with Crippen LogP contribution in [0, 0.1) is 17.8 Å². The topological polar surface area (TPSA) is 78.1 Å². The molecular weight excluding hydrogens is 312 g/mol. The Kier molecular flexibility index (Phi) is 5.86. The first kappa shape index (κ1) is 18.4. The van der Waals surface area contributed by atoms with Crippen molar-refractivity contribution in [2.45, 2.75) is 46.7 Å². The third-order valence-electron chi connectivity index (χ3n) is 4.36. The average molecular weight is 343 g/mol. The normalized spacial score (nSPS) is 23.3. The van der Waals surface area contributed by atoms with Gasteiger partial charge in [0.1, 0.15) is 0 Å². The first-order valence-corrected chi connectivity index (χ1v) is 10.3. The van der Waals surface area contributed by atoms with Crippen molar-refractivity contribution in [1.82, 2.24) is 19.8 Å². The summed E-state index contributed by atoms with van der Waals surface area (Å²) in [6.07, 6.45) is 2.21. The van der Waals surface area contributed by atoms with Crippen LogP contribution in [0.5, 0.6) is 0 Å². The molecule has 1 aliphatic heterocycles. The fourth-order valence-corrected chi connectivity index (χ4v) is 4.17. The van der Waals surface area contributed by atoms with Crippen molar-refractivity contribution in [2.24, 2.45) is 17.8 Å². The lowest BCUT2D eigenvalue weighted by molar-refractivity contribution is 0.293. The lowest BCUT2D eigenvalue weighted by atomic mass is 9.92. The van der Waals surface area contributed by atoms with Crippen LogP contribution in [-0.2, 0) is 23.0 Å². The number of rotatable bonds is 7. The standard InChI is InChI=1S/C16H30N4O2S/c1-11(2)6-13-7-14(18-17-13)8-20-9-15(12(3)4)16(10-20)19-23(5,21)22/h7,11-12,15-16,19H,6,8-10H2,1-5H3,(H,17,18). The number of likely N-dealkylation sites (tertiary alicyclic amines) is 1. The smallest absolute Gasteiger partial charge is 0.209 e. The number of sulfonamides is 1. The van der Waals surface area contributed by atoms with Gasteiger partial charge in [0.15, 0.2) is 0 Å². The summed E-state index contributed by atoms with van der Waals surface area (Å²) in [6.45, 7) is 11.1. The number of nitrogens with one attached hydrogen (secondary N) is 2. The summed E-state index contributed by atoms with van der Waals surface area (Å²) in [4.78, 5) is 2.31. The number of hydrogen-bond acceptors (Lipinski definition) is 4. The minimum atomic E-state index is -3.18. The molecule has 2 rings (SSSR count). The van der Waals surface area contributed by atoms with E-state index >= 15 is 0 Å². The minimum Gasteiger partial charge on any atom is -0.296 e. The molecule has 2 unspecified atom stereocenters. The summed E-state index contributed by atoms with van der Waals surface area (Å²) in [7, 11) is -3.18. The van der Waals surface area contributed by atoms with Gasteiger partial charge in [0, 0.05) is 31.4 Å². The van der Waals surface area contributed by atoms with Gasteiger partial charge in [0.2, 0.25) is 10.0 Å². The van der Waals surface area contributed by atoms with Crippen molar-refractivity contribution >= 4 is 10.0 Å². The highest BCUT2D eigenvalue weighted by molar-refractivity contribution is 7.88. The zero-order valence-corrected chi connectivity index (χ0v) is 15.7. The molecule has 2 N–H and O–H groups in total. The maximum Gasteiger partial charge on any atom is 0.209 e. The molecule has 23 heavy (non-hydrogen) atoms. The van der Waals surface area contributed by atoms with Crippen LogP contribution < -0.4 is 4.72 Å². The third-order valence-corrected chi connectivity index (χ3v) is 5.09. The van der Waals surface area contributed by atoms with Crippen molar-refractivity contribution in [2.75, 3.05) is 19.3 Å². The van der Waals surface area contributed by atoms with Gasteiger partial charge in [-0.05, 0) is 30.2 Å². The zero-order valence-electron chi connectivity index (χ0n) is 14.8. The highest BCUT2D eigenvalue weighted by atomic mass is 32.2. The van der Waals surface area contributed by atoms with E-state index in [-0.39, 0.29) is 6.04 Å². The zero-order chi connectivity index (χ0) is 17.2. The van der Waals surface area contributed by atoms with Crippen molar-refractivity contribution in [3.05, 3.63) is 17.5 Å². The number of aromatic amines is 1. The molecule has 1 aliphatic rings. The predicted octanol–water partition coefficient (Wildman–Crippen LogP) is 1.61. The van der Waals surface area contributed by atoms with Crippen LogP contribution in [0.2, 0.25) is 0 Å². The fourth-order valence-electron chi connectivity index (χ4n) is 3.37. The van der Waals surface area contributed by atoms with Crippen molar-refractivity contribution < 1.29 is 8.42 Å². The van der Waals surface area contributed by atoms with E-state index in [1.807, 2.05) is 0 Å². The Bertz CT molecular complexity index is 609. The van der Waals surface area contributed by atoms with Crippen LogP contribution in [-0.4, -0.2) is 48.9 Å².